The van der Waals surface area contributed by atoms with Crippen molar-refractivity contribution < 1.29 is 18.3 Å². The summed E-state index contributed by atoms with van der Waals surface area (Å²) in [4.78, 5) is 15.9. The number of hydrogen-bond acceptors (Lipinski definition) is 7. The summed E-state index contributed by atoms with van der Waals surface area (Å²) in [5, 5.41) is 21.4. The van der Waals surface area contributed by atoms with Gasteiger partial charge < -0.3 is 20.6 Å². The average Bonchev–Trinajstić information content (AvgIpc) is 3.42. The number of carbonyl (C=O) groups excluding carboxylic acids is 1. The summed E-state index contributed by atoms with van der Waals surface area (Å²) >= 11 is 0. The van der Waals surface area contributed by atoms with Gasteiger partial charge in [0.1, 0.15) is 17.6 Å². The predicted molar refractivity (Wildman–Crippen MR) is 133 cm³/mol. The molecule has 1 aromatic carbocycles. The van der Waals surface area contributed by atoms with Gasteiger partial charge in [0.05, 0.1) is 17.0 Å². The zero-order valence-corrected chi connectivity index (χ0v) is 20.9. The first-order valence-electron chi connectivity index (χ1n) is 12.6. The van der Waals surface area contributed by atoms with Gasteiger partial charge in [-0.3, -0.25) is 4.79 Å². The molecule has 35 heavy (non-hydrogen) atoms. The van der Waals surface area contributed by atoms with Crippen LogP contribution in [-0.2, 0) is 34.8 Å². The third kappa shape index (κ3) is 4.31. The molecule has 1 saturated heterocycles. The molecule has 1 saturated carbocycles. The normalized spacial score (nSPS) is 24.1. The third-order valence-corrected chi connectivity index (χ3v) is 8.85. The summed E-state index contributed by atoms with van der Waals surface area (Å²) in [6.45, 7) is 2.83. The average molecular weight is 500 g/mol. The molecule has 3 heterocycles. The van der Waals surface area contributed by atoms with Crippen molar-refractivity contribution in [1.29, 1.82) is 0 Å². The Balaban J connectivity index is 1.32. The zero-order valence-electron chi connectivity index (χ0n) is 20.1. The molecule has 2 atom stereocenters. The molecule has 2 aliphatic heterocycles. The quantitative estimate of drug-likeness (QED) is 0.474. The van der Waals surface area contributed by atoms with Crippen molar-refractivity contribution in [2.45, 2.75) is 63.3 Å². The van der Waals surface area contributed by atoms with Gasteiger partial charge in [0.15, 0.2) is 9.84 Å². The Morgan fingerprint density at radius 3 is 2.80 bits per heavy atom. The van der Waals surface area contributed by atoms with E-state index in [4.69, 9.17) is 5.10 Å². The highest BCUT2D eigenvalue weighted by Gasteiger charge is 2.46. The highest BCUT2D eigenvalue weighted by Crippen LogP contribution is 2.45. The van der Waals surface area contributed by atoms with E-state index < -0.39 is 27.4 Å². The highest BCUT2D eigenvalue weighted by atomic mass is 32.2. The summed E-state index contributed by atoms with van der Waals surface area (Å²) in [6.07, 6.45) is 6.68. The number of aliphatic hydroxyl groups excluding tert-OH is 1. The van der Waals surface area contributed by atoms with Crippen LogP contribution in [0.25, 0.3) is 0 Å². The fraction of sp³-hybridized carbons (Fsp3) is 0.600. The van der Waals surface area contributed by atoms with Gasteiger partial charge in [-0.25, -0.2) is 13.1 Å². The standard InChI is InChI=1S/C25H33N5O4S/c1-35(33,34)15-21(31)26-23-22-20(28-30(23)12-8-16-3-4-16)14-25(27-24(22)32)9-7-17-13-18(5-6-19(17)25)29-10-2-11-29/h5-6,13,16,21,26,31H,2-4,7-12,14-15H2,1H3,(H,27,32)/t21?,25-/m0/s1. The maximum atomic E-state index is 13.5. The van der Waals surface area contributed by atoms with E-state index in [0.29, 0.717) is 36.0 Å². The van der Waals surface area contributed by atoms with Crippen LogP contribution in [-0.4, -0.2) is 60.5 Å². The minimum Gasteiger partial charge on any atom is -0.373 e. The molecule has 6 rings (SSSR count). The molecule has 0 bridgehead atoms. The van der Waals surface area contributed by atoms with Gasteiger partial charge in [0.25, 0.3) is 5.91 Å². The molecule has 2 aromatic rings. The topological polar surface area (TPSA) is 117 Å². The summed E-state index contributed by atoms with van der Waals surface area (Å²) < 4.78 is 25.2. The van der Waals surface area contributed by atoms with Crippen molar-refractivity contribution in [2.75, 3.05) is 35.3 Å². The van der Waals surface area contributed by atoms with Crippen LogP contribution in [0.4, 0.5) is 11.5 Å². The van der Waals surface area contributed by atoms with Crippen molar-refractivity contribution in [3.8, 4) is 0 Å². The SMILES string of the molecule is CS(=O)(=O)CC(O)Nc1c2c(nn1CCC1CC1)C[C@]1(CCc3cc(N4CCC4)ccc31)NC2=O. The van der Waals surface area contributed by atoms with E-state index in [1.807, 2.05) is 0 Å². The number of rotatable bonds is 8. The second kappa shape index (κ2) is 8.23. The van der Waals surface area contributed by atoms with Gasteiger partial charge in [-0.2, -0.15) is 5.10 Å². The third-order valence-electron chi connectivity index (χ3n) is 7.93. The van der Waals surface area contributed by atoms with E-state index in [0.717, 1.165) is 38.6 Å². The lowest BCUT2D eigenvalue weighted by Gasteiger charge is -2.36. The van der Waals surface area contributed by atoms with Gasteiger partial charge in [-0.1, -0.05) is 18.9 Å². The molecular formula is C25H33N5O4S. The van der Waals surface area contributed by atoms with Gasteiger partial charge in [-0.15, -0.1) is 0 Å². The number of anilines is 2. The summed E-state index contributed by atoms with van der Waals surface area (Å²) in [7, 11) is -3.40. The molecule has 0 radical (unpaired) electrons. The van der Waals surface area contributed by atoms with Crippen molar-refractivity contribution in [1.82, 2.24) is 15.1 Å². The summed E-state index contributed by atoms with van der Waals surface area (Å²) in [5.41, 5.74) is 4.35. The number of benzene rings is 1. The Morgan fingerprint density at radius 2 is 2.11 bits per heavy atom. The Bertz CT molecular complexity index is 1280. The van der Waals surface area contributed by atoms with E-state index in [2.05, 4.69) is 33.7 Å². The van der Waals surface area contributed by atoms with Crippen LogP contribution in [0.3, 0.4) is 0 Å². The summed E-state index contributed by atoms with van der Waals surface area (Å²) in [5.74, 6) is 0.425. The fourth-order valence-corrected chi connectivity index (χ4v) is 6.47. The maximum absolute atomic E-state index is 13.5. The number of aromatic nitrogens is 2. The molecule has 2 aliphatic carbocycles. The molecule has 1 aromatic heterocycles. The van der Waals surface area contributed by atoms with E-state index in [9.17, 15) is 18.3 Å². The van der Waals surface area contributed by atoms with Crippen LogP contribution in [0, 0.1) is 5.92 Å². The van der Waals surface area contributed by atoms with Crippen LogP contribution in [0.15, 0.2) is 18.2 Å². The molecule has 9 nitrogen and oxygen atoms in total. The smallest absolute Gasteiger partial charge is 0.257 e. The van der Waals surface area contributed by atoms with Crippen LogP contribution >= 0.6 is 0 Å². The second-order valence-corrected chi connectivity index (χ2v) is 13.0. The van der Waals surface area contributed by atoms with Crippen molar-refractivity contribution in [3.05, 3.63) is 40.6 Å². The lowest BCUT2D eigenvalue weighted by molar-refractivity contribution is 0.0876. The number of carbonyl (C=O) groups is 1. The number of nitrogens with zero attached hydrogens (tertiary/aromatic N) is 3. The number of hydrogen-bond donors (Lipinski definition) is 3. The Hall–Kier alpha value is -2.59. The molecule has 3 N–H and O–H groups in total. The Kier molecular flexibility index (Phi) is 5.37. The molecule has 10 heteroatoms. The summed E-state index contributed by atoms with van der Waals surface area (Å²) in [6, 6.07) is 6.60. The maximum Gasteiger partial charge on any atom is 0.257 e. The van der Waals surface area contributed by atoms with E-state index in [1.165, 1.54) is 36.1 Å². The van der Waals surface area contributed by atoms with Gasteiger partial charge in [0.2, 0.25) is 0 Å². The molecule has 1 amide bonds. The first-order valence-corrected chi connectivity index (χ1v) is 14.7. The minimum atomic E-state index is -3.40. The van der Waals surface area contributed by atoms with Crippen LogP contribution in [0.1, 0.15) is 59.3 Å². The zero-order chi connectivity index (χ0) is 24.4. The van der Waals surface area contributed by atoms with E-state index in [-0.39, 0.29) is 5.91 Å². The lowest BCUT2D eigenvalue weighted by Crippen LogP contribution is -2.50. The van der Waals surface area contributed by atoms with E-state index in [1.54, 1.807) is 4.68 Å². The van der Waals surface area contributed by atoms with Crippen LogP contribution < -0.4 is 15.5 Å². The number of amides is 1. The monoisotopic (exact) mass is 499 g/mol. The van der Waals surface area contributed by atoms with Crippen molar-refractivity contribution >= 4 is 27.2 Å². The lowest BCUT2D eigenvalue weighted by atomic mass is 9.82. The second-order valence-electron chi connectivity index (χ2n) is 10.8. The van der Waals surface area contributed by atoms with Crippen LogP contribution in [0.5, 0.6) is 0 Å². The Labute approximate surface area is 205 Å². The largest absolute Gasteiger partial charge is 0.373 e. The van der Waals surface area contributed by atoms with Crippen LogP contribution in [0.2, 0.25) is 0 Å². The van der Waals surface area contributed by atoms with Gasteiger partial charge >= 0.3 is 0 Å². The number of aliphatic hydroxyl groups is 1. The Morgan fingerprint density at radius 1 is 1.31 bits per heavy atom. The number of nitrogens with one attached hydrogen (secondary N) is 2. The number of sulfone groups is 1. The molecular weight excluding hydrogens is 466 g/mol. The van der Waals surface area contributed by atoms with Gasteiger partial charge in [-0.05, 0) is 54.9 Å². The molecule has 2 fully saturated rings. The number of fused-ring (bicyclic) bond motifs is 3. The van der Waals surface area contributed by atoms with E-state index >= 15 is 0 Å². The predicted octanol–water partition coefficient (Wildman–Crippen LogP) is 1.80. The highest BCUT2D eigenvalue weighted by molar-refractivity contribution is 7.90. The molecule has 4 aliphatic rings. The first kappa shape index (κ1) is 22.8. The molecule has 188 valence electrons. The minimum absolute atomic E-state index is 0.224. The van der Waals surface area contributed by atoms with Crippen molar-refractivity contribution in [2.24, 2.45) is 5.92 Å². The molecule has 1 spiro atoms. The fourth-order valence-electron chi connectivity index (χ4n) is 5.81. The van der Waals surface area contributed by atoms with Gasteiger partial charge in [0, 0.05) is 38.0 Å². The molecule has 1 unspecified atom stereocenters. The first-order chi connectivity index (χ1) is 16.7. The van der Waals surface area contributed by atoms with Crippen molar-refractivity contribution in [3.63, 3.8) is 0 Å². The number of aryl methyl sites for hydroxylation is 2.